The zero-order chi connectivity index (χ0) is 13.8. The molecule has 7 nitrogen and oxygen atoms in total. The van der Waals surface area contributed by atoms with Gasteiger partial charge < -0.3 is 16.4 Å². The fourth-order valence-electron chi connectivity index (χ4n) is 2.47. The summed E-state index contributed by atoms with van der Waals surface area (Å²) in [7, 11) is 0. The molecule has 0 bridgehead atoms. The van der Waals surface area contributed by atoms with E-state index >= 15 is 0 Å². The van der Waals surface area contributed by atoms with Gasteiger partial charge >= 0.3 is 5.69 Å². The van der Waals surface area contributed by atoms with Gasteiger partial charge in [-0.2, -0.15) is 0 Å². The van der Waals surface area contributed by atoms with Crippen molar-refractivity contribution in [2.24, 2.45) is 11.7 Å². The minimum absolute atomic E-state index is 0.0217. The number of anilines is 2. The van der Waals surface area contributed by atoms with Gasteiger partial charge in [0.1, 0.15) is 5.82 Å². The monoisotopic (exact) mass is 265 g/mol. The molecule has 1 aromatic heterocycles. The molecule has 0 unspecified atom stereocenters. The molecule has 0 atom stereocenters. The number of rotatable bonds is 4. The van der Waals surface area contributed by atoms with Crippen LogP contribution in [0.1, 0.15) is 19.3 Å². The Kier molecular flexibility index (Phi) is 4.16. The molecular weight excluding hydrogens is 246 g/mol. The van der Waals surface area contributed by atoms with Crippen LogP contribution in [-0.2, 0) is 0 Å². The summed E-state index contributed by atoms with van der Waals surface area (Å²) in [6, 6.07) is 3.08. The number of nitro groups is 1. The lowest BCUT2D eigenvalue weighted by molar-refractivity contribution is -0.384. The maximum absolute atomic E-state index is 10.7. The highest BCUT2D eigenvalue weighted by atomic mass is 16.6. The molecule has 2 rings (SSSR count). The van der Waals surface area contributed by atoms with Gasteiger partial charge in [0.2, 0.25) is 5.82 Å². The Morgan fingerprint density at radius 2 is 2.11 bits per heavy atom. The third kappa shape index (κ3) is 3.11. The van der Waals surface area contributed by atoms with Gasteiger partial charge in [0, 0.05) is 19.2 Å². The molecule has 19 heavy (non-hydrogen) atoms. The number of nitrogens with zero attached hydrogens (tertiary/aromatic N) is 3. The van der Waals surface area contributed by atoms with Crippen LogP contribution in [0.5, 0.6) is 0 Å². The van der Waals surface area contributed by atoms with Crippen LogP contribution < -0.4 is 16.4 Å². The van der Waals surface area contributed by atoms with Crippen LogP contribution in [0.15, 0.2) is 12.1 Å². The van der Waals surface area contributed by atoms with Crippen LogP contribution in [0.4, 0.5) is 17.3 Å². The Morgan fingerprint density at radius 3 is 2.63 bits per heavy atom. The Hall–Kier alpha value is -1.89. The summed E-state index contributed by atoms with van der Waals surface area (Å²) in [4.78, 5) is 16.4. The standard InChI is InChI=1S/C12H19N5O2/c13-6-3-9-4-7-16(8-5-9)11-2-1-10(17(18)19)12(14)15-11/h1-2,9H,3-8,13H2,(H2,14,15). The van der Waals surface area contributed by atoms with Gasteiger partial charge in [0.25, 0.3) is 0 Å². The number of nitrogens with two attached hydrogens (primary N) is 2. The third-order valence-electron chi connectivity index (χ3n) is 3.60. The molecule has 2 heterocycles. The van der Waals surface area contributed by atoms with E-state index in [9.17, 15) is 10.1 Å². The van der Waals surface area contributed by atoms with E-state index in [1.165, 1.54) is 6.07 Å². The highest BCUT2D eigenvalue weighted by Gasteiger charge is 2.21. The molecule has 1 fully saturated rings. The first-order valence-electron chi connectivity index (χ1n) is 6.47. The molecule has 1 aliphatic heterocycles. The number of pyridine rings is 1. The average molecular weight is 265 g/mol. The first-order valence-corrected chi connectivity index (χ1v) is 6.47. The van der Waals surface area contributed by atoms with Gasteiger partial charge in [-0.3, -0.25) is 10.1 Å². The fourth-order valence-corrected chi connectivity index (χ4v) is 2.47. The SMILES string of the molecule is NCCC1CCN(c2ccc([N+](=O)[O-])c(N)n2)CC1. The topological polar surface area (TPSA) is 111 Å². The second-order valence-electron chi connectivity index (χ2n) is 4.84. The molecule has 7 heteroatoms. The van der Waals surface area contributed by atoms with E-state index in [1.807, 2.05) is 0 Å². The number of hydrogen-bond donors (Lipinski definition) is 2. The maximum Gasteiger partial charge on any atom is 0.311 e. The van der Waals surface area contributed by atoms with E-state index in [4.69, 9.17) is 11.5 Å². The van der Waals surface area contributed by atoms with Crippen molar-refractivity contribution in [2.45, 2.75) is 19.3 Å². The maximum atomic E-state index is 10.7. The van der Waals surface area contributed by atoms with E-state index in [0.717, 1.165) is 38.9 Å². The Bertz CT molecular complexity index is 457. The molecule has 0 aliphatic carbocycles. The third-order valence-corrected chi connectivity index (χ3v) is 3.60. The first-order chi connectivity index (χ1) is 9.11. The van der Waals surface area contributed by atoms with Crippen molar-refractivity contribution in [1.29, 1.82) is 0 Å². The average Bonchev–Trinajstić information content (AvgIpc) is 2.39. The van der Waals surface area contributed by atoms with Crippen molar-refractivity contribution in [2.75, 3.05) is 30.3 Å². The van der Waals surface area contributed by atoms with Crippen molar-refractivity contribution in [3.05, 3.63) is 22.2 Å². The molecule has 1 aromatic rings. The molecule has 0 saturated carbocycles. The van der Waals surface area contributed by atoms with E-state index in [2.05, 4.69) is 9.88 Å². The van der Waals surface area contributed by atoms with E-state index < -0.39 is 4.92 Å². The van der Waals surface area contributed by atoms with E-state index in [0.29, 0.717) is 11.7 Å². The zero-order valence-electron chi connectivity index (χ0n) is 10.8. The smallest absolute Gasteiger partial charge is 0.311 e. The molecular formula is C12H19N5O2. The number of piperidine rings is 1. The molecule has 0 radical (unpaired) electrons. The largest absolute Gasteiger partial charge is 0.378 e. The van der Waals surface area contributed by atoms with Crippen LogP contribution in [0.3, 0.4) is 0 Å². The highest BCUT2D eigenvalue weighted by molar-refractivity contribution is 5.58. The molecule has 4 N–H and O–H groups in total. The summed E-state index contributed by atoms with van der Waals surface area (Å²) in [6.07, 6.45) is 3.22. The lowest BCUT2D eigenvalue weighted by Crippen LogP contribution is -2.34. The molecule has 0 spiro atoms. The second-order valence-corrected chi connectivity index (χ2v) is 4.84. The summed E-state index contributed by atoms with van der Waals surface area (Å²) in [5.41, 5.74) is 11.0. The lowest BCUT2D eigenvalue weighted by Gasteiger charge is -2.32. The number of aromatic nitrogens is 1. The minimum Gasteiger partial charge on any atom is -0.378 e. The molecule has 104 valence electrons. The minimum atomic E-state index is -0.514. The summed E-state index contributed by atoms with van der Waals surface area (Å²) < 4.78 is 0. The summed E-state index contributed by atoms with van der Waals surface area (Å²) in [6.45, 7) is 2.53. The van der Waals surface area contributed by atoms with Crippen LogP contribution in [-0.4, -0.2) is 29.5 Å². The first kappa shape index (κ1) is 13.5. The summed E-state index contributed by atoms with van der Waals surface area (Å²) in [5, 5.41) is 10.7. The van der Waals surface area contributed by atoms with Crippen LogP contribution >= 0.6 is 0 Å². The molecule has 0 amide bonds. The fraction of sp³-hybridized carbons (Fsp3) is 0.583. The Labute approximate surface area is 111 Å². The van der Waals surface area contributed by atoms with Crippen LogP contribution in [0, 0.1) is 16.0 Å². The van der Waals surface area contributed by atoms with Gasteiger partial charge in [-0.25, -0.2) is 4.98 Å². The van der Waals surface area contributed by atoms with Gasteiger partial charge in [0.05, 0.1) is 4.92 Å². The van der Waals surface area contributed by atoms with Crippen molar-refractivity contribution >= 4 is 17.3 Å². The molecule has 0 aromatic carbocycles. The van der Waals surface area contributed by atoms with Crippen molar-refractivity contribution in [3.8, 4) is 0 Å². The zero-order valence-corrected chi connectivity index (χ0v) is 10.8. The van der Waals surface area contributed by atoms with Crippen molar-refractivity contribution in [3.63, 3.8) is 0 Å². The summed E-state index contributed by atoms with van der Waals surface area (Å²) >= 11 is 0. The van der Waals surface area contributed by atoms with Crippen molar-refractivity contribution < 1.29 is 4.92 Å². The van der Waals surface area contributed by atoms with Crippen LogP contribution in [0.2, 0.25) is 0 Å². The second kappa shape index (κ2) is 5.83. The van der Waals surface area contributed by atoms with Gasteiger partial charge in [-0.15, -0.1) is 0 Å². The summed E-state index contributed by atoms with van der Waals surface area (Å²) in [5.74, 6) is 1.37. The number of nitrogen functional groups attached to an aromatic ring is 1. The predicted molar refractivity (Wildman–Crippen MR) is 73.9 cm³/mol. The van der Waals surface area contributed by atoms with E-state index in [1.54, 1.807) is 6.07 Å². The normalized spacial score (nSPS) is 16.6. The lowest BCUT2D eigenvalue weighted by atomic mass is 9.94. The van der Waals surface area contributed by atoms with Gasteiger partial charge in [-0.05, 0) is 37.8 Å². The molecule has 1 aliphatic rings. The molecule has 1 saturated heterocycles. The van der Waals surface area contributed by atoms with Gasteiger partial charge in [0.15, 0.2) is 0 Å². The predicted octanol–water partition coefficient (Wildman–Crippen LogP) is 1.14. The number of hydrogen-bond acceptors (Lipinski definition) is 6. The van der Waals surface area contributed by atoms with Crippen LogP contribution in [0.25, 0.3) is 0 Å². The van der Waals surface area contributed by atoms with E-state index in [-0.39, 0.29) is 11.5 Å². The van der Waals surface area contributed by atoms with Gasteiger partial charge in [-0.1, -0.05) is 0 Å². The quantitative estimate of drug-likeness (QED) is 0.623. The highest BCUT2D eigenvalue weighted by Crippen LogP contribution is 2.27. The Morgan fingerprint density at radius 1 is 1.42 bits per heavy atom. The van der Waals surface area contributed by atoms with Crippen molar-refractivity contribution in [1.82, 2.24) is 4.98 Å². The Balaban J connectivity index is 2.04.